The summed E-state index contributed by atoms with van der Waals surface area (Å²) in [5.74, 6) is -0.848. The van der Waals surface area contributed by atoms with Gasteiger partial charge in [-0.15, -0.1) is 0 Å². The summed E-state index contributed by atoms with van der Waals surface area (Å²) in [5, 5.41) is 11.7. The number of hydrogen-bond acceptors (Lipinski definition) is 3. The second kappa shape index (κ2) is 6.23. The van der Waals surface area contributed by atoms with Crippen LogP contribution < -0.4 is 5.32 Å². The lowest BCUT2D eigenvalue weighted by atomic mass is 10.1. The predicted molar refractivity (Wildman–Crippen MR) is 68.9 cm³/mol. The predicted octanol–water partition coefficient (Wildman–Crippen LogP) is 1.06. The Morgan fingerprint density at radius 3 is 2.63 bits per heavy atom. The zero-order valence-electron chi connectivity index (χ0n) is 11.3. The molecular weight excluding hydrogens is 248 g/mol. The number of hydrogen-bond donors (Lipinski definition) is 2. The first-order valence-corrected chi connectivity index (χ1v) is 6.94. The maximum Gasteiger partial charge on any atom is 0.326 e. The summed E-state index contributed by atoms with van der Waals surface area (Å²) in [6.07, 6.45) is 5.01. The van der Waals surface area contributed by atoms with E-state index in [-0.39, 0.29) is 18.1 Å². The van der Waals surface area contributed by atoms with Gasteiger partial charge in [-0.25, -0.2) is 9.59 Å². The number of urea groups is 1. The van der Waals surface area contributed by atoms with Gasteiger partial charge in [-0.05, 0) is 38.0 Å². The summed E-state index contributed by atoms with van der Waals surface area (Å²) < 4.78 is 5.57. The number of aliphatic carboxylic acids is 1. The van der Waals surface area contributed by atoms with E-state index in [1.807, 2.05) is 0 Å². The number of likely N-dealkylation sites (N-methyl/N-ethyl adjacent to an activating group) is 1. The molecule has 0 radical (unpaired) electrons. The van der Waals surface area contributed by atoms with Crippen molar-refractivity contribution in [1.82, 2.24) is 10.2 Å². The van der Waals surface area contributed by atoms with Gasteiger partial charge in [-0.3, -0.25) is 0 Å². The quantitative estimate of drug-likeness (QED) is 0.783. The zero-order valence-corrected chi connectivity index (χ0v) is 11.3. The molecule has 1 heterocycles. The summed E-state index contributed by atoms with van der Waals surface area (Å²) in [7, 11) is 1.68. The highest BCUT2D eigenvalue weighted by Gasteiger charge is 2.37. The molecule has 1 aliphatic carbocycles. The van der Waals surface area contributed by atoms with Gasteiger partial charge in [0.2, 0.25) is 0 Å². The molecule has 2 amide bonds. The molecular formula is C13H22N2O4. The number of rotatable bonds is 5. The van der Waals surface area contributed by atoms with Gasteiger partial charge in [0.1, 0.15) is 6.04 Å². The summed E-state index contributed by atoms with van der Waals surface area (Å²) in [6.45, 7) is 1.27. The Balaban J connectivity index is 1.78. The molecule has 0 aromatic carbocycles. The molecule has 1 saturated heterocycles. The Morgan fingerprint density at radius 2 is 2.11 bits per heavy atom. The number of ether oxygens (including phenoxy) is 1. The molecule has 2 aliphatic rings. The van der Waals surface area contributed by atoms with Gasteiger partial charge < -0.3 is 20.1 Å². The minimum atomic E-state index is -0.946. The van der Waals surface area contributed by atoms with Crippen molar-refractivity contribution in [2.45, 2.75) is 44.2 Å². The fraction of sp³-hybridized carbons (Fsp3) is 0.846. The Hall–Kier alpha value is -1.30. The van der Waals surface area contributed by atoms with Gasteiger partial charge in [-0.1, -0.05) is 0 Å². The average molecular weight is 270 g/mol. The van der Waals surface area contributed by atoms with Crippen molar-refractivity contribution in [2.75, 3.05) is 20.2 Å². The second-order valence-corrected chi connectivity index (χ2v) is 5.47. The molecule has 2 rings (SSSR count). The molecule has 1 aliphatic heterocycles. The zero-order chi connectivity index (χ0) is 13.8. The van der Waals surface area contributed by atoms with Crippen LogP contribution in [0.25, 0.3) is 0 Å². The molecule has 0 aromatic rings. The number of carboxylic acids is 1. The summed E-state index contributed by atoms with van der Waals surface area (Å²) in [5.41, 5.74) is 0. The van der Waals surface area contributed by atoms with Crippen LogP contribution in [0.5, 0.6) is 0 Å². The van der Waals surface area contributed by atoms with Gasteiger partial charge in [0.25, 0.3) is 0 Å². The van der Waals surface area contributed by atoms with Crippen LogP contribution in [0.15, 0.2) is 0 Å². The van der Waals surface area contributed by atoms with Crippen LogP contribution >= 0.6 is 0 Å². The Bertz CT molecular complexity index is 338. The van der Waals surface area contributed by atoms with E-state index in [4.69, 9.17) is 9.84 Å². The van der Waals surface area contributed by atoms with E-state index in [9.17, 15) is 9.59 Å². The molecule has 6 nitrogen and oxygen atoms in total. The number of amides is 2. The Labute approximate surface area is 113 Å². The van der Waals surface area contributed by atoms with Crippen LogP contribution in [-0.4, -0.2) is 54.4 Å². The van der Waals surface area contributed by atoms with Crippen molar-refractivity contribution in [1.29, 1.82) is 0 Å². The Kier molecular flexibility index (Phi) is 4.63. The number of carboxylic acid groups (broad SMARTS) is 1. The van der Waals surface area contributed by atoms with Crippen LogP contribution in [-0.2, 0) is 9.53 Å². The molecule has 2 fully saturated rings. The van der Waals surface area contributed by atoms with Crippen molar-refractivity contribution < 1.29 is 19.4 Å². The third-order valence-corrected chi connectivity index (χ3v) is 3.74. The van der Waals surface area contributed by atoms with Crippen molar-refractivity contribution >= 4 is 12.0 Å². The molecule has 0 spiro atoms. The van der Waals surface area contributed by atoms with Gasteiger partial charge in [-0.2, -0.15) is 0 Å². The molecule has 19 heavy (non-hydrogen) atoms. The minimum Gasteiger partial charge on any atom is -0.480 e. The normalized spacial score (nSPS) is 24.6. The standard InChI is InChI=1S/C13H22N2O4/c1-15(8-10-4-2-3-7-19-10)13(18)14-11(12(16)17)9-5-6-9/h9-11H,2-8H2,1H3,(H,14,18)(H,16,17). The third kappa shape index (κ3) is 4.09. The van der Waals surface area contributed by atoms with E-state index >= 15 is 0 Å². The molecule has 0 aromatic heterocycles. The molecule has 2 atom stereocenters. The Morgan fingerprint density at radius 1 is 1.37 bits per heavy atom. The summed E-state index contributed by atoms with van der Waals surface area (Å²) >= 11 is 0. The smallest absolute Gasteiger partial charge is 0.326 e. The lowest BCUT2D eigenvalue weighted by Crippen LogP contribution is -2.49. The van der Waals surface area contributed by atoms with Gasteiger partial charge >= 0.3 is 12.0 Å². The highest BCUT2D eigenvalue weighted by Crippen LogP contribution is 2.32. The maximum atomic E-state index is 12.0. The van der Waals surface area contributed by atoms with Crippen molar-refractivity contribution in [3.8, 4) is 0 Å². The highest BCUT2D eigenvalue weighted by molar-refractivity contribution is 5.83. The van der Waals surface area contributed by atoms with E-state index in [1.54, 1.807) is 7.05 Å². The lowest BCUT2D eigenvalue weighted by Gasteiger charge is -2.28. The number of nitrogens with one attached hydrogen (secondary N) is 1. The van der Waals surface area contributed by atoms with E-state index in [0.717, 1.165) is 38.7 Å². The first-order chi connectivity index (χ1) is 9.08. The molecule has 1 saturated carbocycles. The molecule has 0 bridgehead atoms. The van der Waals surface area contributed by atoms with Crippen molar-refractivity contribution in [3.63, 3.8) is 0 Å². The van der Waals surface area contributed by atoms with E-state index < -0.39 is 12.0 Å². The maximum absolute atomic E-state index is 12.0. The van der Waals surface area contributed by atoms with Crippen LogP contribution in [0.3, 0.4) is 0 Å². The fourth-order valence-corrected chi connectivity index (χ4v) is 2.39. The lowest BCUT2D eigenvalue weighted by molar-refractivity contribution is -0.139. The minimum absolute atomic E-state index is 0.0775. The van der Waals surface area contributed by atoms with Gasteiger partial charge in [0, 0.05) is 20.2 Å². The van der Waals surface area contributed by atoms with Crippen LogP contribution in [0, 0.1) is 5.92 Å². The van der Waals surface area contributed by atoms with E-state index in [2.05, 4.69) is 5.32 Å². The topological polar surface area (TPSA) is 78.9 Å². The molecule has 2 N–H and O–H groups in total. The monoisotopic (exact) mass is 270 g/mol. The van der Waals surface area contributed by atoms with Crippen molar-refractivity contribution in [2.24, 2.45) is 5.92 Å². The average Bonchev–Trinajstić information content (AvgIpc) is 3.20. The van der Waals surface area contributed by atoms with Gasteiger partial charge in [0.05, 0.1) is 6.10 Å². The van der Waals surface area contributed by atoms with Crippen molar-refractivity contribution in [3.05, 3.63) is 0 Å². The number of nitrogens with zero attached hydrogens (tertiary/aromatic N) is 1. The molecule has 2 unspecified atom stereocenters. The SMILES string of the molecule is CN(CC1CCCCO1)C(=O)NC(C(=O)O)C1CC1. The molecule has 108 valence electrons. The van der Waals surface area contributed by atoms with Crippen LogP contribution in [0.1, 0.15) is 32.1 Å². The van der Waals surface area contributed by atoms with Crippen LogP contribution in [0.2, 0.25) is 0 Å². The van der Waals surface area contributed by atoms with Gasteiger partial charge in [0.15, 0.2) is 0 Å². The second-order valence-electron chi connectivity index (χ2n) is 5.47. The first-order valence-electron chi connectivity index (χ1n) is 6.94. The largest absolute Gasteiger partial charge is 0.480 e. The van der Waals surface area contributed by atoms with E-state index in [1.165, 1.54) is 4.90 Å². The van der Waals surface area contributed by atoms with E-state index in [0.29, 0.717) is 6.54 Å². The number of carbonyl (C=O) groups is 2. The molecule has 6 heteroatoms. The van der Waals surface area contributed by atoms with Crippen LogP contribution in [0.4, 0.5) is 4.79 Å². The summed E-state index contributed by atoms with van der Waals surface area (Å²) in [4.78, 5) is 24.6. The highest BCUT2D eigenvalue weighted by atomic mass is 16.5. The fourth-order valence-electron chi connectivity index (χ4n) is 2.39. The number of carbonyl (C=O) groups excluding carboxylic acids is 1. The summed E-state index contributed by atoms with van der Waals surface area (Å²) in [6, 6.07) is -1.07. The first kappa shape index (κ1) is 14.1. The third-order valence-electron chi connectivity index (χ3n) is 3.74.